The van der Waals surface area contributed by atoms with E-state index in [-0.39, 0.29) is 11.3 Å². The summed E-state index contributed by atoms with van der Waals surface area (Å²) >= 11 is 0. The van der Waals surface area contributed by atoms with Gasteiger partial charge >= 0.3 is 0 Å². The number of hydrogen-bond donors (Lipinski definition) is 0. The first kappa shape index (κ1) is 9.97. The SMILES string of the molecule is CCC(C)c1coc2ccccc2c1=O. The summed E-state index contributed by atoms with van der Waals surface area (Å²) in [5, 5.41) is 0.676. The zero-order valence-electron chi connectivity index (χ0n) is 8.99. The van der Waals surface area contributed by atoms with Crippen LogP contribution >= 0.6 is 0 Å². The number of fused-ring (bicyclic) bond motifs is 1. The topological polar surface area (TPSA) is 30.2 Å². The van der Waals surface area contributed by atoms with Gasteiger partial charge in [-0.1, -0.05) is 26.0 Å². The fourth-order valence-electron chi connectivity index (χ4n) is 1.65. The highest BCUT2D eigenvalue weighted by molar-refractivity contribution is 5.76. The molecule has 0 aliphatic rings. The summed E-state index contributed by atoms with van der Waals surface area (Å²) in [7, 11) is 0. The molecule has 78 valence electrons. The molecular formula is C13H14O2. The zero-order chi connectivity index (χ0) is 10.8. The van der Waals surface area contributed by atoms with Crippen LogP contribution in [0.4, 0.5) is 0 Å². The van der Waals surface area contributed by atoms with Crippen LogP contribution < -0.4 is 5.43 Å². The maximum absolute atomic E-state index is 12.1. The van der Waals surface area contributed by atoms with Crippen LogP contribution in [0, 0.1) is 0 Å². The van der Waals surface area contributed by atoms with Crippen molar-refractivity contribution in [1.82, 2.24) is 0 Å². The average molecular weight is 202 g/mol. The van der Waals surface area contributed by atoms with Gasteiger partial charge in [0.1, 0.15) is 5.58 Å². The standard InChI is InChI=1S/C13H14O2/c1-3-9(2)11-8-15-12-7-5-4-6-10(12)13(11)14/h4-9H,3H2,1-2H3. The molecule has 0 aliphatic heterocycles. The Morgan fingerprint density at radius 3 is 2.80 bits per heavy atom. The monoisotopic (exact) mass is 202 g/mol. The van der Waals surface area contributed by atoms with Crippen LogP contribution in [0.3, 0.4) is 0 Å². The van der Waals surface area contributed by atoms with Gasteiger partial charge in [-0.05, 0) is 24.5 Å². The fraction of sp³-hybridized carbons (Fsp3) is 0.308. The predicted molar refractivity (Wildman–Crippen MR) is 61.2 cm³/mol. The molecular weight excluding hydrogens is 188 g/mol. The minimum Gasteiger partial charge on any atom is -0.464 e. The third kappa shape index (κ3) is 1.67. The van der Waals surface area contributed by atoms with Crippen LogP contribution in [0.15, 0.2) is 39.7 Å². The van der Waals surface area contributed by atoms with E-state index in [0.29, 0.717) is 11.0 Å². The highest BCUT2D eigenvalue weighted by atomic mass is 16.3. The Bertz CT molecular complexity index is 525. The molecule has 2 heteroatoms. The van der Waals surface area contributed by atoms with Gasteiger partial charge in [0.25, 0.3) is 0 Å². The van der Waals surface area contributed by atoms with Crippen molar-refractivity contribution < 1.29 is 4.42 Å². The third-order valence-electron chi connectivity index (χ3n) is 2.85. The van der Waals surface area contributed by atoms with E-state index < -0.39 is 0 Å². The summed E-state index contributed by atoms with van der Waals surface area (Å²) in [5.41, 5.74) is 1.54. The van der Waals surface area contributed by atoms with Gasteiger partial charge in [0.2, 0.25) is 0 Å². The predicted octanol–water partition coefficient (Wildman–Crippen LogP) is 3.31. The Hall–Kier alpha value is -1.57. The minimum atomic E-state index is 0.103. The molecule has 1 unspecified atom stereocenters. The van der Waals surface area contributed by atoms with Crippen molar-refractivity contribution in [3.05, 3.63) is 46.3 Å². The smallest absolute Gasteiger partial charge is 0.196 e. The Morgan fingerprint density at radius 2 is 2.07 bits per heavy atom. The zero-order valence-corrected chi connectivity index (χ0v) is 8.99. The molecule has 0 saturated heterocycles. The molecule has 0 radical (unpaired) electrons. The molecule has 1 atom stereocenters. The molecule has 0 saturated carbocycles. The summed E-state index contributed by atoms with van der Waals surface area (Å²) in [6.45, 7) is 4.11. The molecule has 0 fully saturated rings. The van der Waals surface area contributed by atoms with Gasteiger partial charge in [-0.2, -0.15) is 0 Å². The second-order valence-electron chi connectivity index (χ2n) is 3.83. The molecule has 1 aromatic heterocycles. The molecule has 0 N–H and O–H groups in total. The average Bonchev–Trinajstić information content (AvgIpc) is 2.29. The quantitative estimate of drug-likeness (QED) is 0.747. The van der Waals surface area contributed by atoms with Crippen molar-refractivity contribution in [3.63, 3.8) is 0 Å². The Kier molecular flexibility index (Phi) is 2.58. The van der Waals surface area contributed by atoms with E-state index >= 15 is 0 Å². The lowest BCUT2D eigenvalue weighted by Gasteiger charge is -2.07. The van der Waals surface area contributed by atoms with Gasteiger partial charge in [-0.25, -0.2) is 0 Å². The second-order valence-corrected chi connectivity index (χ2v) is 3.83. The normalized spacial score (nSPS) is 12.9. The Balaban J connectivity index is 2.71. The largest absolute Gasteiger partial charge is 0.464 e. The van der Waals surface area contributed by atoms with Gasteiger partial charge in [0, 0.05) is 5.56 Å². The van der Waals surface area contributed by atoms with Gasteiger partial charge < -0.3 is 4.42 Å². The van der Waals surface area contributed by atoms with E-state index in [9.17, 15) is 4.79 Å². The molecule has 0 spiro atoms. The molecule has 0 aliphatic carbocycles. The third-order valence-corrected chi connectivity index (χ3v) is 2.85. The van der Waals surface area contributed by atoms with Crippen LogP contribution in [0.1, 0.15) is 31.7 Å². The van der Waals surface area contributed by atoms with Gasteiger partial charge in [-0.15, -0.1) is 0 Å². The van der Waals surface area contributed by atoms with Gasteiger partial charge in [0.05, 0.1) is 11.6 Å². The summed E-state index contributed by atoms with van der Waals surface area (Å²) in [6, 6.07) is 7.36. The Morgan fingerprint density at radius 1 is 1.33 bits per heavy atom. The lowest BCUT2D eigenvalue weighted by atomic mass is 9.99. The van der Waals surface area contributed by atoms with E-state index in [0.717, 1.165) is 12.0 Å². The molecule has 0 amide bonds. The maximum atomic E-state index is 12.1. The van der Waals surface area contributed by atoms with Crippen molar-refractivity contribution in [2.75, 3.05) is 0 Å². The van der Waals surface area contributed by atoms with E-state index in [1.54, 1.807) is 6.26 Å². The van der Waals surface area contributed by atoms with Crippen LogP contribution in [-0.4, -0.2) is 0 Å². The highest BCUT2D eigenvalue weighted by Crippen LogP contribution is 2.18. The molecule has 15 heavy (non-hydrogen) atoms. The molecule has 2 aromatic rings. The van der Waals surface area contributed by atoms with Crippen molar-refractivity contribution >= 4 is 11.0 Å². The lowest BCUT2D eigenvalue weighted by Crippen LogP contribution is -2.11. The lowest BCUT2D eigenvalue weighted by molar-refractivity contribution is 0.577. The maximum Gasteiger partial charge on any atom is 0.196 e. The van der Waals surface area contributed by atoms with Gasteiger partial charge in [-0.3, -0.25) is 4.79 Å². The second kappa shape index (κ2) is 3.89. The number of hydrogen-bond acceptors (Lipinski definition) is 2. The van der Waals surface area contributed by atoms with E-state index in [2.05, 4.69) is 6.92 Å². The minimum absolute atomic E-state index is 0.103. The number of para-hydroxylation sites is 1. The summed E-state index contributed by atoms with van der Waals surface area (Å²) in [4.78, 5) is 12.1. The first-order valence-corrected chi connectivity index (χ1v) is 5.24. The van der Waals surface area contributed by atoms with Crippen molar-refractivity contribution in [2.45, 2.75) is 26.2 Å². The van der Waals surface area contributed by atoms with Gasteiger partial charge in [0.15, 0.2) is 5.43 Å². The van der Waals surface area contributed by atoms with Crippen LogP contribution in [0.5, 0.6) is 0 Å². The summed E-state index contributed by atoms with van der Waals surface area (Å²) in [5.74, 6) is 0.255. The number of benzene rings is 1. The molecule has 2 nitrogen and oxygen atoms in total. The van der Waals surface area contributed by atoms with Crippen LogP contribution in [0.2, 0.25) is 0 Å². The summed E-state index contributed by atoms with van der Waals surface area (Å²) in [6.07, 6.45) is 2.54. The first-order chi connectivity index (χ1) is 7.24. The Labute approximate surface area is 88.5 Å². The fourth-order valence-corrected chi connectivity index (χ4v) is 1.65. The van der Waals surface area contributed by atoms with Crippen molar-refractivity contribution in [3.8, 4) is 0 Å². The van der Waals surface area contributed by atoms with Crippen LogP contribution in [-0.2, 0) is 0 Å². The molecule has 2 rings (SSSR count). The molecule has 1 aromatic carbocycles. The molecule has 0 bridgehead atoms. The summed E-state index contributed by atoms with van der Waals surface area (Å²) < 4.78 is 5.45. The van der Waals surface area contributed by atoms with E-state index in [1.807, 2.05) is 31.2 Å². The highest BCUT2D eigenvalue weighted by Gasteiger charge is 2.11. The first-order valence-electron chi connectivity index (χ1n) is 5.24. The van der Waals surface area contributed by atoms with Crippen LogP contribution in [0.25, 0.3) is 11.0 Å². The molecule has 1 heterocycles. The van der Waals surface area contributed by atoms with Crippen molar-refractivity contribution in [2.24, 2.45) is 0 Å². The number of rotatable bonds is 2. The van der Waals surface area contributed by atoms with E-state index in [1.165, 1.54) is 0 Å². The van der Waals surface area contributed by atoms with Crippen molar-refractivity contribution in [1.29, 1.82) is 0 Å². The van der Waals surface area contributed by atoms with E-state index in [4.69, 9.17) is 4.42 Å².